The number of aryl methyl sites for hydroxylation is 1. The van der Waals surface area contributed by atoms with E-state index in [9.17, 15) is 4.79 Å². The maximum absolute atomic E-state index is 11.7. The van der Waals surface area contributed by atoms with Crippen LogP contribution in [0.2, 0.25) is 0 Å². The smallest absolute Gasteiger partial charge is 0.231 e. The van der Waals surface area contributed by atoms with Crippen molar-refractivity contribution in [2.24, 2.45) is 5.73 Å². The zero-order chi connectivity index (χ0) is 14.3. The minimum atomic E-state index is 0.149. The molecule has 2 heterocycles. The van der Waals surface area contributed by atoms with Crippen molar-refractivity contribution in [3.63, 3.8) is 0 Å². The maximum Gasteiger partial charge on any atom is 0.231 e. The van der Waals surface area contributed by atoms with Gasteiger partial charge in [-0.05, 0) is 31.2 Å². The summed E-state index contributed by atoms with van der Waals surface area (Å²) in [6.45, 7) is 2.70. The van der Waals surface area contributed by atoms with Crippen molar-refractivity contribution < 1.29 is 4.79 Å². The third-order valence-electron chi connectivity index (χ3n) is 3.63. The molecule has 20 heavy (non-hydrogen) atoms. The third-order valence-corrected chi connectivity index (χ3v) is 4.66. The van der Waals surface area contributed by atoms with E-state index in [1.807, 2.05) is 19.2 Å². The molecule has 0 unspecified atom stereocenters. The van der Waals surface area contributed by atoms with Crippen LogP contribution in [0.3, 0.4) is 0 Å². The molecule has 0 saturated heterocycles. The van der Waals surface area contributed by atoms with Gasteiger partial charge in [-0.15, -0.1) is 11.3 Å². The molecule has 0 aliphatic carbocycles. The first-order valence-electron chi connectivity index (χ1n) is 6.66. The Labute approximate surface area is 122 Å². The number of thiazole rings is 1. The van der Waals surface area contributed by atoms with Crippen molar-refractivity contribution in [2.45, 2.75) is 19.8 Å². The molecule has 104 valence electrons. The lowest BCUT2D eigenvalue weighted by molar-refractivity contribution is -0.117. The zero-order valence-corrected chi connectivity index (χ0v) is 12.5. The van der Waals surface area contributed by atoms with E-state index in [-0.39, 0.29) is 5.91 Å². The standard InChI is InChI=1S/C15H17N3OS/c1-9-15(17-13(20-9)5-6-16)10-3-4-12-11(7-10)8-14(19)18(12)2/h3-4,7H,5-6,8,16H2,1-2H3. The summed E-state index contributed by atoms with van der Waals surface area (Å²) in [5, 5.41) is 1.08. The lowest BCUT2D eigenvalue weighted by Gasteiger charge is -2.10. The highest BCUT2D eigenvalue weighted by Gasteiger charge is 2.24. The molecule has 2 N–H and O–H groups in total. The Bertz CT molecular complexity index is 678. The fourth-order valence-electron chi connectivity index (χ4n) is 2.57. The van der Waals surface area contributed by atoms with Gasteiger partial charge in [-0.2, -0.15) is 0 Å². The molecule has 4 nitrogen and oxygen atoms in total. The molecular weight excluding hydrogens is 270 g/mol. The molecule has 0 saturated carbocycles. The third kappa shape index (κ3) is 2.13. The maximum atomic E-state index is 11.7. The van der Waals surface area contributed by atoms with E-state index in [4.69, 9.17) is 5.73 Å². The predicted molar refractivity (Wildman–Crippen MR) is 82.2 cm³/mol. The molecule has 0 radical (unpaired) electrons. The van der Waals surface area contributed by atoms with Crippen LogP contribution < -0.4 is 10.6 Å². The van der Waals surface area contributed by atoms with Gasteiger partial charge >= 0.3 is 0 Å². The summed E-state index contributed by atoms with van der Waals surface area (Å²) in [4.78, 5) is 19.3. The Morgan fingerprint density at radius 1 is 1.45 bits per heavy atom. The van der Waals surface area contributed by atoms with E-state index in [0.717, 1.165) is 33.9 Å². The highest BCUT2D eigenvalue weighted by molar-refractivity contribution is 7.12. The van der Waals surface area contributed by atoms with Crippen molar-refractivity contribution in [3.8, 4) is 11.3 Å². The minimum absolute atomic E-state index is 0.149. The van der Waals surface area contributed by atoms with Gasteiger partial charge in [0.15, 0.2) is 0 Å². The summed E-state index contributed by atoms with van der Waals surface area (Å²) < 4.78 is 0. The number of anilines is 1. The van der Waals surface area contributed by atoms with Gasteiger partial charge in [-0.1, -0.05) is 6.07 Å². The largest absolute Gasteiger partial charge is 0.330 e. The normalized spacial score (nSPS) is 13.9. The van der Waals surface area contributed by atoms with Crippen molar-refractivity contribution in [2.75, 3.05) is 18.5 Å². The van der Waals surface area contributed by atoms with Gasteiger partial charge in [0, 0.05) is 29.6 Å². The van der Waals surface area contributed by atoms with Gasteiger partial charge in [0.1, 0.15) is 0 Å². The van der Waals surface area contributed by atoms with Crippen LogP contribution >= 0.6 is 11.3 Å². The number of nitrogens with two attached hydrogens (primary N) is 1. The molecule has 1 aromatic heterocycles. The molecule has 1 aromatic carbocycles. The second-order valence-corrected chi connectivity index (χ2v) is 6.31. The van der Waals surface area contributed by atoms with E-state index in [2.05, 4.69) is 18.0 Å². The number of rotatable bonds is 3. The molecule has 1 aliphatic rings. The molecule has 0 spiro atoms. The van der Waals surface area contributed by atoms with Crippen molar-refractivity contribution in [1.82, 2.24) is 4.98 Å². The van der Waals surface area contributed by atoms with Crippen LogP contribution in [0.1, 0.15) is 15.4 Å². The summed E-state index contributed by atoms with van der Waals surface area (Å²) in [6, 6.07) is 6.14. The Morgan fingerprint density at radius 2 is 2.25 bits per heavy atom. The number of carbonyl (C=O) groups excluding carboxylic acids is 1. The van der Waals surface area contributed by atoms with Crippen LogP contribution in [0.4, 0.5) is 5.69 Å². The molecular formula is C15H17N3OS. The second kappa shape index (κ2) is 5.00. The highest BCUT2D eigenvalue weighted by Crippen LogP contribution is 2.34. The first-order chi connectivity index (χ1) is 9.60. The molecule has 1 amide bonds. The van der Waals surface area contributed by atoms with E-state index in [1.165, 1.54) is 4.88 Å². The summed E-state index contributed by atoms with van der Waals surface area (Å²) in [6.07, 6.45) is 1.30. The lowest BCUT2D eigenvalue weighted by atomic mass is 10.1. The summed E-state index contributed by atoms with van der Waals surface area (Å²) >= 11 is 1.70. The molecule has 2 aromatic rings. The first-order valence-corrected chi connectivity index (χ1v) is 7.48. The average molecular weight is 287 g/mol. The number of likely N-dealkylation sites (N-methyl/N-ethyl adjacent to an activating group) is 1. The fourth-order valence-corrected chi connectivity index (χ4v) is 3.54. The van der Waals surface area contributed by atoms with Crippen LogP contribution in [-0.4, -0.2) is 24.5 Å². The number of fused-ring (bicyclic) bond motifs is 1. The van der Waals surface area contributed by atoms with Crippen LogP contribution in [-0.2, 0) is 17.6 Å². The summed E-state index contributed by atoms with van der Waals surface area (Å²) in [5.74, 6) is 0.149. The Morgan fingerprint density at radius 3 is 3.00 bits per heavy atom. The molecule has 0 bridgehead atoms. The summed E-state index contributed by atoms with van der Waals surface area (Å²) in [7, 11) is 1.82. The minimum Gasteiger partial charge on any atom is -0.330 e. The van der Waals surface area contributed by atoms with E-state index >= 15 is 0 Å². The van der Waals surface area contributed by atoms with Gasteiger partial charge in [0.05, 0.1) is 17.1 Å². The number of aromatic nitrogens is 1. The number of hydrogen-bond donors (Lipinski definition) is 1. The van der Waals surface area contributed by atoms with Crippen LogP contribution in [0, 0.1) is 6.92 Å². The van der Waals surface area contributed by atoms with Crippen molar-refractivity contribution in [3.05, 3.63) is 33.6 Å². The van der Waals surface area contributed by atoms with Crippen LogP contribution in [0.5, 0.6) is 0 Å². The number of amides is 1. The quantitative estimate of drug-likeness (QED) is 0.941. The Hall–Kier alpha value is -1.72. The Kier molecular flexibility index (Phi) is 3.31. The number of benzene rings is 1. The lowest BCUT2D eigenvalue weighted by Crippen LogP contribution is -2.20. The summed E-state index contributed by atoms with van der Waals surface area (Å²) in [5.41, 5.74) is 9.78. The second-order valence-electron chi connectivity index (χ2n) is 5.02. The Balaban J connectivity index is 2.00. The first kappa shape index (κ1) is 13.3. The SMILES string of the molecule is Cc1sc(CCN)nc1-c1ccc2c(c1)CC(=O)N2C. The van der Waals surface area contributed by atoms with Gasteiger partial charge in [0.2, 0.25) is 5.91 Å². The van der Waals surface area contributed by atoms with E-state index < -0.39 is 0 Å². The molecule has 0 fully saturated rings. The van der Waals surface area contributed by atoms with Crippen LogP contribution in [0.15, 0.2) is 18.2 Å². The zero-order valence-electron chi connectivity index (χ0n) is 11.6. The monoisotopic (exact) mass is 287 g/mol. The van der Waals surface area contributed by atoms with Gasteiger partial charge in [0.25, 0.3) is 0 Å². The van der Waals surface area contributed by atoms with Crippen molar-refractivity contribution >= 4 is 22.9 Å². The predicted octanol–water partition coefficient (Wildman–Crippen LogP) is 2.14. The van der Waals surface area contributed by atoms with Gasteiger partial charge in [-0.25, -0.2) is 4.98 Å². The van der Waals surface area contributed by atoms with E-state index in [1.54, 1.807) is 16.2 Å². The fraction of sp³-hybridized carbons (Fsp3) is 0.333. The van der Waals surface area contributed by atoms with Gasteiger partial charge in [-0.3, -0.25) is 4.79 Å². The van der Waals surface area contributed by atoms with E-state index in [0.29, 0.717) is 13.0 Å². The molecule has 1 aliphatic heterocycles. The number of nitrogens with zero attached hydrogens (tertiary/aromatic N) is 2. The average Bonchev–Trinajstić information content (AvgIpc) is 2.91. The number of carbonyl (C=O) groups is 1. The molecule has 3 rings (SSSR count). The van der Waals surface area contributed by atoms with Gasteiger partial charge < -0.3 is 10.6 Å². The van der Waals surface area contributed by atoms with Crippen LogP contribution in [0.25, 0.3) is 11.3 Å². The number of hydrogen-bond acceptors (Lipinski definition) is 4. The highest BCUT2D eigenvalue weighted by atomic mass is 32.1. The molecule has 0 atom stereocenters. The molecule has 5 heteroatoms. The van der Waals surface area contributed by atoms with Crippen molar-refractivity contribution in [1.29, 1.82) is 0 Å². The topological polar surface area (TPSA) is 59.2 Å².